The Morgan fingerprint density at radius 3 is 2.32 bits per heavy atom. The Kier molecular flexibility index (Phi) is 4.95. The van der Waals surface area contributed by atoms with Crippen LogP contribution in [0, 0.1) is 20.8 Å². The second-order valence-electron chi connectivity index (χ2n) is 4.67. The first-order valence-electron chi connectivity index (χ1n) is 5.97. The van der Waals surface area contributed by atoms with Crippen molar-refractivity contribution >= 4 is 10.0 Å². The van der Waals surface area contributed by atoms with E-state index in [1.54, 1.807) is 27.0 Å². The Balaban J connectivity index is 3.20. The summed E-state index contributed by atoms with van der Waals surface area (Å²) in [5.74, 6) is 0.689. The van der Waals surface area contributed by atoms with Crippen LogP contribution in [0.1, 0.15) is 23.6 Å². The molecule has 1 aromatic carbocycles. The SMILES string of the molecule is COC(C)COc1c(C)cc(S(N)(=O)=O)c(C)c1C. The highest BCUT2D eigenvalue weighted by Crippen LogP contribution is 2.30. The van der Waals surface area contributed by atoms with Gasteiger partial charge in [0.05, 0.1) is 11.0 Å². The summed E-state index contributed by atoms with van der Waals surface area (Å²) in [6.45, 7) is 7.65. The van der Waals surface area contributed by atoms with Crippen LogP contribution in [-0.4, -0.2) is 28.2 Å². The molecule has 1 rings (SSSR count). The third kappa shape index (κ3) is 3.68. The second kappa shape index (κ2) is 5.90. The van der Waals surface area contributed by atoms with Crippen LogP contribution in [0.2, 0.25) is 0 Å². The summed E-state index contributed by atoms with van der Waals surface area (Å²) in [6, 6.07) is 1.55. The zero-order chi connectivity index (χ0) is 14.8. The largest absolute Gasteiger partial charge is 0.490 e. The molecule has 1 aromatic rings. The molecule has 0 aromatic heterocycles. The Bertz CT molecular complexity index is 566. The molecule has 6 heteroatoms. The van der Waals surface area contributed by atoms with Crippen LogP contribution in [0.4, 0.5) is 0 Å². The summed E-state index contributed by atoms with van der Waals surface area (Å²) in [5, 5.41) is 5.20. The lowest BCUT2D eigenvalue weighted by Gasteiger charge is -2.18. The summed E-state index contributed by atoms with van der Waals surface area (Å²) in [5.41, 5.74) is 2.15. The lowest BCUT2D eigenvalue weighted by molar-refractivity contribution is 0.0711. The zero-order valence-corrected chi connectivity index (χ0v) is 12.8. The van der Waals surface area contributed by atoms with E-state index in [9.17, 15) is 8.42 Å². The van der Waals surface area contributed by atoms with Crippen LogP contribution in [0.5, 0.6) is 5.75 Å². The molecule has 108 valence electrons. The third-order valence-corrected chi connectivity index (χ3v) is 4.19. The molecular formula is C13H21NO4S. The van der Waals surface area contributed by atoms with Gasteiger partial charge in [-0.2, -0.15) is 0 Å². The van der Waals surface area contributed by atoms with Gasteiger partial charge in [-0.05, 0) is 50.5 Å². The normalized spacial score (nSPS) is 13.4. The van der Waals surface area contributed by atoms with Gasteiger partial charge in [-0.15, -0.1) is 0 Å². The lowest BCUT2D eigenvalue weighted by Crippen LogP contribution is -2.18. The lowest BCUT2D eigenvalue weighted by atomic mass is 10.1. The van der Waals surface area contributed by atoms with Crippen LogP contribution in [0.15, 0.2) is 11.0 Å². The van der Waals surface area contributed by atoms with E-state index in [1.165, 1.54) is 0 Å². The molecule has 0 aliphatic carbocycles. The minimum atomic E-state index is -3.71. The molecule has 0 radical (unpaired) electrons. The van der Waals surface area contributed by atoms with Gasteiger partial charge in [0, 0.05) is 7.11 Å². The van der Waals surface area contributed by atoms with Gasteiger partial charge < -0.3 is 9.47 Å². The first-order valence-corrected chi connectivity index (χ1v) is 7.52. The van der Waals surface area contributed by atoms with Crippen molar-refractivity contribution in [3.63, 3.8) is 0 Å². The average Bonchev–Trinajstić information content (AvgIpc) is 2.31. The molecule has 0 saturated carbocycles. The number of primary sulfonamides is 1. The number of hydrogen-bond acceptors (Lipinski definition) is 4. The van der Waals surface area contributed by atoms with Crippen molar-refractivity contribution in [1.82, 2.24) is 0 Å². The summed E-state index contributed by atoms with van der Waals surface area (Å²) in [4.78, 5) is 0.148. The maximum atomic E-state index is 11.5. The van der Waals surface area contributed by atoms with Crippen LogP contribution < -0.4 is 9.88 Å². The highest BCUT2D eigenvalue weighted by molar-refractivity contribution is 7.89. The number of hydrogen-bond donors (Lipinski definition) is 1. The summed E-state index contributed by atoms with van der Waals surface area (Å²) >= 11 is 0. The highest BCUT2D eigenvalue weighted by Gasteiger charge is 2.18. The molecule has 1 unspecified atom stereocenters. The maximum Gasteiger partial charge on any atom is 0.238 e. The standard InChI is InChI=1S/C13H21NO4S/c1-8-6-12(19(14,15)16)10(3)11(4)13(8)18-7-9(2)17-5/h6,9H,7H2,1-5H3,(H2,14,15,16). The molecule has 1 atom stereocenters. The fraction of sp³-hybridized carbons (Fsp3) is 0.538. The molecule has 0 saturated heterocycles. The molecule has 0 spiro atoms. The van der Waals surface area contributed by atoms with E-state index in [0.29, 0.717) is 17.9 Å². The molecular weight excluding hydrogens is 266 g/mol. The molecule has 0 aliphatic rings. The number of nitrogens with two attached hydrogens (primary N) is 1. The Labute approximate surface area is 114 Å². The first kappa shape index (κ1) is 15.9. The third-order valence-electron chi connectivity index (χ3n) is 3.15. The topological polar surface area (TPSA) is 78.6 Å². The Morgan fingerprint density at radius 2 is 1.84 bits per heavy atom. The highest BCUT2D eigenvalue weighted by atomic mass is 32.2. The monoisotopic (exact) mass is 287 g/mol. The average molecular weight is 287 g/mol. The van der Waals surface area contributed by atoms with E-state index < -0.39 is 10.0 Å². The quantitative estimate of drug-likeness (QED) is 0.893. The van der Waals surface area contributed by atoms with Gasteiger partial charge in [0.15, 0.2) is 0 Å². The van der Waals surface area contributed by atoms with Crippen molar-refractivity contribution in [1.29, 1.82) is 0 Å². The molecule has 5 nitrogen and oxygen atoms in total. The molecule has 0 amide bonds. The Hall–Kier alpha value is -1.11. The van der Waals surface area contributed by atoms with E-state index in [-0.39, 0.29) is 11.0 Å². The predicted molar refractivity (Wildman–Crippen MR) is 74.0 cm³/mol. The fourth-order valence-electron chi connectivity index (χ4n) is 1.81. The van der Waals surface area contributed by atoms with Crippen LogP contribution >= 0.6 is 0 Å². The number of rotatable bonds is 5. The molecule has 19 heavy (non-hydrogen) atoms. The van der Waals surface area contributed by atoms with E-state index in [0.717, 1.165) is 11.1 Å². The van der Waals surface area contributed by atoms with Crippen molar-refractivity contribution < 1.29 is 17.9 Å². The van der Waals surface area contributed by atoms with Crippen molar-refractivity contribution in [2.24, 2.45) is 5.14 Å². The minimum absolute atomic E-state index is 0.0305. The number of methoxy groups -OCH3 is 1. The summed E-state index contributed by atoms with van der Waals surface area (Å²) in [6.07, 6.45) is -0.0305. The van der Waals surface area contributed by atoms with Gasteiger partial charge in [0.25, 0.3) is 0 Å². The van der Waals surface area contributed by atoms with E-state index in [4.69, 9.17) is 14.6 Å². The van der Waals surface area contributed by atoms with Gasteiger partial charge in [0.2, 0.25) is 10.0 Å². The number of aryl methyl sites for hydroxylation is 1. The predicted octanol–water partition coefficient (Wildman–Crippen LogP) is 1.67. The molecule has 0 heterocycles. The van der Waals surface area contributed by atoms with Gasteiger partial charge >= 0.3 is 0 Å². The van der Waals surface area contributed by atoms with E-state index in [2.05, 4.69) is 0 Å². The van der Waals surface area contributed by atoms with Crippen LogP contribution in [-0.2, 0) is 14.8 Å². The molecule has 2 N–H and O–H groups in total. The second-order valence-corrected chi connectivity index (χ2v) is 6.20. The molecule has 0 fully saturated rings. The van der Waals surface area contributed by atoms with Crippen molar-refractivity contribution in [3.05, 3.63) is 22.8 Å². The molecule has 0 aliphatic heterocycles. The minimum Gasteiger partial charge on any atom is -0.490 e. The fourth-order valence-corrected chi connectivity index (χ4v) is 2.73. The maximum absolute atomic E-state index is 11.5. The van der Waals surface area contributed by atoms with E-state index in [1.807, 2.05) is 13.8 Å². The van der Waals surface area contributed by atoms with Gasteiger partial charge in [0.1, 0.15) is 12.4 Å². The van der Waals surface area contributed by atoms with E-state index >= 15 is 0 Å². The van der Waals surface area contributed by atoms with Gasteiger partial charge in [-0.25, -0.2) is 13.6 Å². The number of ether oxygens (including phenoxy) is 2. The zero-order valence-electron chi connectivity index (χ0n) is 12.0. The van der Waals surface area contributed by atoms with Crippen molar-refractivity contribution in [2.75, 3.05) is 13.7 Å². The van der Waals surface area contributed by atoms with Crippen LogP contribution in [0.3, 0.4) is 0 Å². The van der Waals surface area contributed by atoms with Crippen molar-refractivity contribution in [2.45, 2.75) is 38.7 Å². The van der Waals surface area contributed by atoms with Crippen molar-refractivity contribution in [3.8, 4) is 5.75 Å². The smallest absolute Gasteiger partial charge is 0.238 e. The number of sulfonamides is 1. The van der Waals surface area contributed by atoms with Gasteiger partial charge in [-0.3, -0.25) is 0 Å². The van der Waals surface area contributed by atoms with Crippen LogP contribution in [0.25, 0.3) is 0 Å². The number of benzene rings is 1. The Morgan fingerprint density at radius 1 is 1.26 bits per heavy atom. The first-order chi connectivity index (χ1) is 8.68. The molecule has 0 bridgehead atoms. The summed E-state index contributed by atoms with van der Waals surface area (Å²) in [7, 11) is -2.10. The van der Waals surface area contributed by atoms with Gasteiger partial charge in [-0.1, -0.05) is 0 Å². The summed E-state index contributed by atoms with van der Waals surface area (Å²) < 4.78 is 33.8.